The van der Waals surface area contributed by atoms with Gasteiger partial charge in [0.2, 0.25) is 0 Å². The van der Waals surface area contributed by atoms with Gasteiger partial charge in [-0.05, 0) is 41.3 Å². The normalized spacial score (nSPS) is 11.0. The summed E-state index contributed by atoms with van der Waals surface area (Å²) in [6.07, 6.45) is 0. The van der Waals surface area contributed by atoms with E-state index < -0.39 is 11.4 Å². The van der Waals surface area contributed by atoms with E-state index in [0.29, 0.717) is 5.57 Å². The Bertz CT molecular complexity index is 1120. The number of benzene rings is 4. The van der Waals surface area contributed by atoms with Crippen LogP contribution in [0.1, 0.15) is 29.2 Å². The second kappa shape index (κ2) is 10.7. The van der Waals surface area contributed by atoms with Gasteiger partial charge < -0.3 is 9.47 Å². The molecule has 4 rings (SSSR count). The van der Waals surface area contributed by atoms with E-state index in [1.54, 1.807) is 6.92 Å². The molecule has 3 heteroatoms. The fourth-order valence-electron chi connectivity index (χ4n) is 4.28. The van der Waals surface area contributed by atoms with Crippen LogP contribution in [0.3, 0.4) is 0 Å². The molecule has 3 nitrogen and oxygen atoms in total. The molecule has 0 aliphatic heterocycles. The van der Waals surface area contributed by atoms with Crippen LogP contribution < -0.4 is 4.74 Å². The highest BCUT2D eigenvalue weighted by atomic mass is 16.6. The largest absolute Gasteiger partial charge is 0.490 e. The summed E-state index contributed by atoms with van der Waals surface area (Å²) in [6, 6.07) is 39.9. The lowest BCUT2D eigenvalue weighted by Crippen LogP contribution is -2.30. The summed E-state index contributed by atoms with van der Waals surface area (Å²) < 4.78 is 10.9. The molecular weight excluding hydrogens is 420 g/mol. The lowest BCUT2D eigenvalue weighted by Gasteiger charge is -2.36. The van der Waals surface area contributed by atoms with E-state index in [2.05, 4.69) is 91.5 Å². The van der Waals surface area contributed by atoms with Crippen LogP contribution in [-0.2, 0) is 14.9 Å². The average molecular weight is 449 g/mol. The van der Waals surface area contributed by atoms with Gasteiger partial charge in [0.1, 0.15) is 19.0 Å². The first-order valence-electron chi connectivity index (χ1n) is 11.3. The molecule has 0 saturated carbocycles. The molecule has 0 fully saturated rings. The van der Waals surface area contributed by atoms with Gasteiger partial charge in [-0.15, -0.1) is 0 Å². The number of esters is 1. The molecule has 0 aromatic heterocycles. The molecule has 0 aliphatic rings. The maximum atomic E-state index is 11.5. The van der Waals surface area contributed by atoms with E-state index in [1.165, 1.54) is 16.7 Å². The van der Waals surface area contributed by atoms with Crippen molar-refractivity contribution >= 4 is 5.97 Å². The third kappa shape index (κ3) is 4.79. The predicted octanol–water partition coefficient (Wildman–Crippen LogP) is 6.57. The summed E-state index contributed by atoms with van der Waals surface area (Å²) >= 11 is 0. The standard InChI is InChI=1S/C31H28O3/c1-24(2)30(32)34-23-22-33-29-20-18-28(19-21-29)31(25-12-6-3-7-13-25,26-14-8-4-9-15-26)27-16-10-5-11-17-27/h3-21H,1,22-23H2,2H3. The third-order valence-corrected chi connectivity index (χ3v) is 5.84. The zero-order chi connectivity index (χ0) is 23.8. The number of ether oxygens (including phenoxy) is 2. The van der Waals surface area contributed by atoms with Gasteiger partial charge in [-0.3, -0.25) is 0 Å². The van der Waals surface area contributed by atoms with Crippen LogP contribution in [0, 0.1) is 0 Å². The first kappa shape index (κ1) is 23.1. The van der Waals surface area contributed by atoms with E-state index >= 15 is 0 Å². The van der Waals surface area contributed by atoms with Crippen LogP contribution >= 0.6 is 0 Å². The predicted molar refractivity (Wildman–Crippen MR) is 136 cm³/mol. The Hall–Kier alpha value is -4.11. The van der Waals surface area contributed by atoms with Crippen molar-refractivity contribution in [3.8, 4) is 5.75 Å². The van der Waals surface area contributed by atoms with E-state index in [4.69, 9.17) is 9.47 Å². The SMILES string of the molecule is C=C(C)C(=O)OCCOc1ccc(C(c2ccccc2)(c2ccccc2)c2ccccc2)cc1. The zero-order valence-electron chi connectivity index (χ0n) is 19.3. The van der Waals surface area contributed by atoms with Gasteiger partial charge >= 0.3 is 5.97 Å². The number of hydrogen-bond donors (Lipinski definition) is 0. The molecule has 0 unspecified atom stereocenters. The molecule has 170 valence electrons. The van der Waals surface area contributed by atoms with Gasteiger partial charge in [0.25, 0.3) is 0 Å². The van der Waals surface area contributed by atoms with E-state index in [0.717, 1.165) is 11.3 Å². The molecule has 0 N–H and O–H groups in total. The van der Waals surface area contributed by atoms with Gasteiger partial charge in [0.15, 0.2) is 0 Å². The molecule has 0 heterocycles. The minimum atomic E-state index is -0.487. The van der Waals surface area contributed by atoms with E-state index in [-0.39, 0.29) is 13.2 Å². The summed E-state index contributed by atoms with van der Waals surface area (Å²) in [5.41, 5.74) is 4.59. The van der Waals surface area contributed by atoms with Crippen LogP contribution in [0.4, 0.5) is 0 Å². The zero-order valence-corrected chi connectivity index (χ0v) is 19.3. The van der Waals surface area contributed by atoms with E-state index in [1.807, 2.05) is 30.3 Å². The maximum absolute atomic E-state index is 11.5. The number of carbonyl (C=O) groups excluding carboxylic acids is 1. The summed E-state index contributed by atoms with van der Waals surface area (Å²) in [7, 11) is 0. The van der Waals surface area contributed by atoms with Crippen molar-refractivity contribution in [2.75, 3.05) is 13.2 Å². The van der Waals surface area contributed by atoms with Crippen LogP contribution in [0.25, 0.3) is 0 Å². The van der Waals surface area contributed by atoms with Crippen molar-refractivity contribution in [1.82, 2.24) is 0 Å². The Balaban J connectivity index is 1.72. The molecule has 34 heavy (non-hydrogen) atoms. The van der Waals surface area contributed by atoms with Crippen LogP contribution in [-0.4, -0.2) is 19.2 Å². The highest BCUT2D eigenvalue weighted by molar-refractivity contribution is 5.86. The molecule has 0 radical (unpaired) electrons. The van der Waals surface area contributed by atoms with Crippen LogP contribution in [0.15, 0.2) is 127 Å². The summed E-state index contributed by atoms with van der Waals surface area (Å²) in [5, 5.41) is 0. The smallest absolute Gasteiger partial charge is 0.333 e. The highest BCUT2D eigenvalue weighted by Gasteiger charge is 2.38. The van der Waals surface area contributed by atoms with Gasteiger partial charge in [-0.2, -0.15) is 0 Å². The van der Waals surface area contributed by atoms with E-state index in [9.17, 15) is 4.79 Å². The molecule has 0 atom stereocenters. The molecule has 4 aromatic carbocycles. The average Bonchev–Trinajstić information content (AvgIpc) is 2.89. The number of rotatable bonds is 9. The minimum Gasteiger partial charge on any atom is -0.490 e. The van der Waals surface area contributed by atoms with Crippen molar-refractivity contribution in [2.45, 2.75) is 12.3 Å². The Morgan fingerprint density at radius 3 is 1.47 bits per heavy atom. The molecule has 4 aromatic rings. The maximum Gasteiger partial charge on any atom is 0.333 e. The third-order valence-electron chi connectivity index (χ3n) is 5.84. The Morgan fingerprint density at radius 1 is 0.647 bits per heavy atom. The Labute approximate surface area is 201 Å². The summed E-state index contributed by atoms with van der Waals surface area (Å²) in [6.45, 7) is 5.66. The van der Waals surface area contributed by atoms with Crippen LogP contribution in [0.2, 0.25) is 0 Å². The van der Waals surface area contributed by atoms with Crippen molar-refractivity contribution in [1.29, 1.82) is 0 Å². The van der Waals surface area contributed by atoms with Gasteiger partial charge in [0.05, 0.1) is 5.41 Å². The quantitative estimate of drug-likeness (QED) is 0.126. The first-order valence-corrected chi connectivity index (χ1v) is 11.3. The second-order valence-electron chi connectivity index (χ2n) is 8.14. The summed E-state index contributed by atoms with van der Waals surface area (Å²) in [4.78, 5) is 11.5. The molecule has 0 aliphatic carbocycles. The molecule has 0 amide bonds. The molecular formula is C31H28O3. The number of hydrogen-bond acceptors (Lipinski definition) is 3. The fourth-order valence-corrected chi connectivity index (χ4v) is 4.28. The topological polar surface area (TPSA) is 35.5 Å². The summed E-state index contributed by atoms with van der Waals surface area (Å²) in [5.74, 6) is 0.315. The lowest BCUT2D eigenvalue weighted by molar-refractivity contribution is -0.139. The number of carbonyl (C=O) groups is 1. The fraction of sp³-hybridized carbons (Fsp3) is 0.129. The second-order valence-corrected chi connectivity index (χ2v) is 8.14. The van der Waals surface area contributed by atoms with Gasteiger partial charge in [-0.25, -0.2) is 4.79 Å². The van der Waals surface area contributed by atoms with Crippen molar-refractivity contribution < 1.29 is 14.3 Å². The van der Waals surface area contributed by atoms with Crippen molar-refractivity contribution in [3.63, 3.8) is 0 Å². The highest BCUT2D eigenvalue weighted by Crippen LogP contribution is 2.45. The molecule has 0 saturated heterocycles. The lowest BCUT2D eigenvalue weighted by atomic mass is 9.65. The Kier molecular flexibility index (Phi) is 7.24. The van der Waals surface area contributed by atoms with Crippen molar-refractivity contribution in [3.05, 3.63) is 150 Å². The van der Waals surface area contributed by atoms with Crippen LogP contribution in [0.5, 0.6) is 5.75 Å². The molecule has 0 bridgehead atoms. The minimum absolute atomic E-state index is 0.176. The Morgan fingerprint density at radius 2 is 1.06 bits per heavy atom. The molecule has 0 spiro atoms. The van der Waals surface area contributed by atoms with Gasteiger partial charge in [0, 0.05) is 5.57 Å². The monoisotopic (exact) mass is 448 g/mol. The van der Waals surface area contributed by atoms with Gasteiger partial charge in [-0.1, -0.05) is 110 Å². The first-order chi connectivity index (χ1) is 16.6. The van der Waals surface area contributed by atoms with Crippen molar-refractivity contribution in [2.24, 2.45) is 0 Å².